The smallest absolute Gasteiger partial charge is 0.182 e. The number of halogens is 1. The van der Waals surface area contributed by atoms with Crippen molar-refractivity contribution in [3.63, 3.8) is 0 Å². The fourth-order valence-electron chi connectivity index (χ4n) is 3.57. The molecule has 0 aliphatic heterocycles. The topological polar surface area (TPSA) is 78.7 Å². The van der Waals surface area contributed by atoms with E-state index in [2.05, 4.69) is 48.3 Å². The minimum Gasteiger partial charge on any atom is -0.267 e. The van der Waals surface area contributed by atoms with Gasteiger partial charge in [-0.1, -0.05) is 42.5 Å². The molecule has 0 radical (unpaired) electrons. The first kappa shape index (κ1) is 18.0. The van der Waals surface area contributed by atoms with Gasteiger partial charge in [0, 0.05) is 11.8 Å². The Bertz CT molecular complexity index is 1510. The SMILES string of the molecule is Brc1cnn(Cc2ccc(-c3nc4c5cnn(-c6ccccc6)c5ncn4n3)cc2)c1. The third-order valence-electron chi connectivity index (χ3n) is 5.06. The maximum absolute atomic E-state index is 4.77. The lowest BCUT2D eigenvalue weighted by atomic mass is 10.1. The largest absolute Gasteiger partial charge is 0.267 e. The zero-order valence-corrected chi connectivity index (χ0v) is 17.8. The van der Waals surface area contributed by atoms with Crippen molar-refractivity contribution in [2.75, 3.05) is 0 Å². The number of nitrogens with zero attached hydrogens (tertiary/aromatic N) is 8. The molecule has 4 heterocycles. The van der Waals surface area contributed by atoms with Gasteiger partial charge in [-0.15, -0.1) is 5.10 Å². The van der Waals surface area contributed by atoms with E-state index in [4.69, 9.17) is 4.98 Å². The Hall–Kier alpha value is -3.85. The first-order valence-electron chi connectivity index (χ1n) is 9.66. The Morgan fingerprint density at radius 1 is 0.871 bits per heavy atom. The number of aromatic nitrogens is 8. The normalized spacial score (nSPS) is 11.5. The van der Waals surface area contributed by atoms with Gasteiger partial charge in [0.05, 0.1) is 34.5 Å². The molecule has 8 nitrogen and oxygen atoms in total. The molecule has 0 N–H and O–H groups in total. The lowest BCUT2D eigenvalue weighted by molar-refractivity contribution is 0.686. The number of hydrogen-bond acceptors (Lipinski definition) is 5. The van der Waals surface area contributed by atoms with Crippen molar-refractivity contribution < 1.29 is 0 Å². The van der Waals surface area contributed by atoms with Crippen LogP contribution in [0.3, 0.4) is 0 Å². The van der Waals surface area contributed by atoms with Crippen LogP contribution in [0.15, 0.2) is 84.0 Å². The third kappa shape index (κ3) is 3.19. The van der Waals surface area contributed by atoms with Crippen LogP contribution in [0.2, 0.25) is 0 Å². The summed E-state index contributed by atoms with van der Waals surface area (Å²) in [5.41, 5.74) is 4.52. The molecular weight excluding hydrogens is 456 g/mol. The van der Waals surface area contributed by atoms with Gasteiger partial charge in [-0.2, -0.15) is 10.2 Å². The van der Waals surface area contributed by atoms with E-state index in [-0.39, 0.29) is 0 Å². The lowest BCUT2D eigenvalue weighted by Gasteiger charge is -2.02. The molecule has 31 heavy (non-hydrogen) atoms. The van der Waals surface area contributed by atoms with E-state index < -0.39 is 0 Å². The molecule has 6 aromatic rings. The van der Waals surface area contributed by atoms with Gasteiger partial charge in [-0.3, -0.25) is 4.68 Å². The zero-order chi connectivity index (χ0) is 20.8. The molecule has 0 aliphatic rings. The summed E-state index contributed by atoms with van der Waals surface area (Å²) in [4.78, 5) is 9.33. The van der Waals surface area contributed by atoms with Gasteiger partial charge in [0.25, 0.3) is 0 Å². The predicted octanol–water partition coefficient (Wildman–Crippen LogP) is 4.14. The number of hydrogen-bond donors (Lipinski definition) is 0. The summed E-state index contributed by atoms with van der Waals surface area (Å²) in [5, 5.41) is 14.3. The maximum atomic E-state index is 4.77. The molecule has 0 fully saturated rings. The first-order valence-corrected chi connectivity index (χ1v) is 10.5. The highest BCUT2D eigenvalue weighted by Gasteiger charge is 2.14. The lowest BCUT2D eigenvalue weighted by Crippen LogP contribution is -1.99. The molecule has 0 atom stereocenters. The van der Waals surface area contributed by atoms with Crippen molar-refractivity contribution in [1.29, 1.82) is 0 Å². The fourth-order valence-corrected chi connectivity index (χ4v) is 3.90. The average molecular weight is 471 g/mol. The zero-order valence-electron chi connectivity index (χ0n) is 16.2. The minimum atomic E-state index is 0.648. The van der Waals surface area contributed by atoms with Crippen LogP contribution < -0.4 is 0 Å². The summed E-state index contributed by atoms with van der Waals surface area (Å²) >= 11 is 3.42. The van der Waals surface area contributed by atoms with Gasteiger partial charge in [0.1, 0.15) is 6.33 Å². The number of benzene rings is 2. The fraction of sp³-hybridized carbons (Fsp3) is 0.0455. The van der Waals surface area contributed by atoms with Gasteiger partial charge in [0.2, 0.25) is 0 Å². The Morgan fingerprint density at radius 3 is 2.48 bits per heavy atom. The van der Waals surface area contributed by atoms with E-state index in [1.165, 1.54) is 0 Å². The Balaban J connectivity index is 1.36. The number of para-hydroxylation sites is 1. The van der Waals surface area contributed by atoms with Gasteiger partial charge in [0.15, 0.2) is 17.1 Å². The van der Waals surface area contributed by atoms with Crippen molar-refractivity contribution in [3.8, 4) is 17.1 Å². The van der Waals surface area contributed by atoms with Crippen molar-refractivity contribution in [3.05, 3.63) is 89.6 Å². The summed E-state index contributed by atoms with van der Waals surface area (Å²) in [6.45, 7) is 0.702. The molecule has 0 spiro atoms. The van der Waals surface area contributed by atoms with Crippen LogP contribution in [0.1, 0.15) is 5.56 Å². The molecule has 0 saturated carbocycles. The second-order valence-corrected chi connectivity index (χ2v) is 8.05. The van der Waals surface area contributed by atoms with Crippen LogP contribution in [0.5, 0.6) is 0 Å². The molecular formula is C22H15BrN8. The summed E-state index contributed by atoms with van der Waals surface area (Å²) in [6.07, 6.45) is 7.20. The molecule has 150 valence electrons. The molecule has 2 aromatic carbocycles. The molecule has 0 saturated heterocycles. The van der Waals surface area contributed by atoms with Crippen molar-refractivity contribution in [2.24, 2.45) is 0 Å². The third-order valence-corrected chi connectivity index (χ3v) is 5.47. The summed E-state index contributed by atoms with van der Waals surface area (Å²) in [7, 11) is 0. The van der Waals surface area contributed by atoms with E-state index >= 15 is 0 Å². The molecule has 9 heteroatoms. The van der Waals surface area contributed by atoms with E-state index in [0.717, 1.165) is 38.0 Å². The summed E-state index contributed by atoms with van der Waals surface area (Å²) in [5.74, 6) is 0.648. The monoisotopic (exact) mass is 470 g/mol. The van der Waals surface area contributed by atoms with E-state index in [9.17, 15) is 0 Å². The van der Waals surface area contributed by atoms with Crippen molar-refractivity contribution >= 4 is 32.6 Å². The molecule has 4 aromatic heterocycles. The Labute approximate surface area is 184 Å². The Kier molecular flexibility index (Phi) is 4.13. The summed E-state index contributed by atoms with van der Waals surface area (Å²) < 4.78 is 6.36. The quantitative estimate of drug-likeness (QED) is 0.386. The van der Waals surface area contributed by atoms with Gasteiger partial charge in [-0.25, -0.2) is 19.2 Å². The van der Waals surface area contributed by atoms with Crippen LogP contribution in [0.4, 0.5) is 0 Å². The van der Waals surface area contributed by atoms with Crippen molar-refractivity contribution in [2.45, 2.75) is 6.54 Å². The molecule has 0 amide bonds. The molecule has 6 rings (SSSR count). The van der Waals surface area contributed by atoms with E-state index in [0.29, 0.717) is 12.4 Å². The van der Waals surface area contributed by atoms with Crippen LogP contribution in [-0.2, 0) is 6.54 Å². The Morgan fingerprint density at radius 2 is 1.71 bits per heavy atom. The highest BCUT2D eigenvalue weighted by molar-refractivity contribution is 9.10. The van der Waals surface area contributed by atoms with Crippen LogP contribution in [0.25, 0.3) is 33.8 Å². The number of fused-ring (bicyclic) bond motifs is 3. The van der Waals surface area contributed by atoms with Gasteiger partial charge < -0.3 is 0 Å². The van der Waals surface area contributed by atoms with Gasteiger partial charge in [-0.05, 0) is 33.6 Å². The minimum absolute atomic E-state index is 0.648. The molecule has 0 bridgehead atoms. The molecule has 0 aliphatic carbocycles. The van der Waals surface area contributed by atoms with E-state index in [1.54, 1.807) is 23.2 Å². The summed E-state index contributed by atoms with van der Waals surface area (Å²) in [6, 6.07) is 18.1. The van der Waals surface area contributed by atoms with Crippen LogP contribution in [-0.4, -0.2) is 39.1 Å². The maximum Gasteiger partial charge on any atom is 0.182 e. The average Bonchev–Trinajstić information content (AvgIpc) is 3.52. The highest BCUT2D eigenvalue weighted by atomic mass is 79.9. The van der Waals surface area contributed by atoms with Crippen LogP contribution in [0, 0.1) is 0 Å². The second-order valence-electron chi connectivity index (χ2n) is 7.13. The van der Waals surface area contributed by atoms with Crippen LogP contribution >= 0.6 is 15.9 Å². The predicted molar refractivity (Wildman–Crippen MR) is 120 cm³/mol. The number of rotatable bonds is 4. The second kappa shape index (κ2) is 7.13. The molecule has 0 unspecified atom stereocenters. The van der Waals surface area contributed by atoms with Crippen molar-refractivity contribution in [1.82, 2.24) is 39.1 Å². The first-order chi connectivity index (χ1) is 15.2. The standard InChI is InChI=1S/C22H15BrN8/c23-17-10-25-29(13-17)12-15-6-8-16(9-7-15)20-27-22-19-11-26-31(18-4-2-1-3-5-18)21(19)24-14-30(22)28-20/h1-11,13-14H,12H2. The van der Waals surface area contributed by atoms with Gasteiger partial charge >= 0.3 is 0 Å². The van der Waals surface area contributed by atoms with E-state index in [1.807, 2.05) is 58.0 Å². The highest BCUT2D eigenvalue weighted by Crippen LogP contribution is 2.23.